The number of carbonyl (C=O) groups excluding carboxylic acids is 1. The van der Waals surface area contributed by atoms with Gasteiger partial charge in [-0.2, -0.15) is 0 Å². The fourth-order valence-corrected chi connectivity index (χ4v) is 2.59. The molecule has 0 spiro atoms. The summed E-state index contributed by atoms with van der Waals surface area (Å²) in [5.74, 6) is -0.767. The third-order valence-electron chi connectivity index (χ3n) is 3.96. The third-order valence-corrected chi connectivity index (χ3v) is 3.96. The predicted octanol–water partition coefficient (Wildman–Crippen LogP) is 2.46. The highest BCUT2D eigenvalue weighted by atomic mass is 16.4. The first kappa shape index (κ1) is 18.9. The molecule has 0 saturated carbocycles. The lowest BCUT2D eigenvalue weighted by molar-refractivity contribution is -0.149. The van der Waals surface area contributed by atoms with Gasteiger partial charge in [-0.25, -0.2) is 0 Å². The van der Waals surface area contributed by atoms with Crippen LogP contribution in [0, 0.1) is 10.8 Å². The number of hydrogen-bond acceptors (Lipinski definition) is 3. The molecule has 1 amide bonds. The third kappa shape index (κ3) is 6.34. The van der Waals surface area contributed by atoms with E-state index in [9.17, 15) is 14.7 Å². The van der Waals surface area contributed by atoms with Crippen molar-refractivity contribution in [3.63, 3.8) is 0 Å². The van der Waals surface area contributed by atoms with Crippen molar-refractivity contribution in [3.05, 3.63) is 0 Å². The molecule has 1 rings (SSSR count). The molecule has 1 heterocycles. The maximum absolute atomic E-state index is 12.3. The van der Waals surface area contributed by atoms with Gasteiger partial charge in [0.1, 0.15) is 6.04 Å². The van der Waals surface area contributed by atoms with Crippen molar-refractivity contribution in [2.24, 2.45) is 10.8 Å². The molecule has 1 atom stereocenters. The topological polar surface area (TPSA) is 60.9 Å². The molecular formula is C17H32N2O3. The molecule has 1 fully saturated rings. The van der Waals surface area contributed by atoms with E-state index in [4.69, 9.17) is 0 Å². The molecule has 5 heteroatoms. The molecule has 0 aliphatic carbocycles. The van der Waals surface area contributed by atoms with E-state index in [2.05, 4.69) is 20.8 Å². The molecule has 1 N–H and O–H groups in total. The summed E-state index contributed by atoms with van der Waals surface area (Å²) in [6.45, 7) is 14.9. The van der Waals surface area contributed by atoms with Gasteiger partial charge in [0.25, 0.3) is 0 Å². The minimum Gasteiger partial charge on any atom is -0.480 e. The Hall–Kier alpha value is -1.10. The maximum atomic E-state index is 12.3. The van der Waals surface area contributed by atoms with Crippen molar-refractivity contribution >= 4 is 11.9 Å². The molecule has 0 aromatic rings. The Kier molecular flexibility index (Phi) is 6.02. The minimum absolute atomic E-state index is 0.0641. The second-order valence-electron chi connectivity index (χ2n) is 8.78. The van der Waals surface area contributed by atoms with Crippen LogP contribution >= 0.6 is 0 Å². The van der Waals surface area contributed by atoms with Crippen LogP contribution in [0.5, 0.6) is 0 Å². The zero-order chi connectivity index (χ0) is 17.1. The lowest BCUT2D eigenvalue weighted by Crippen LogP contribution is -2.58. The predicted molar refractivity (Wildman–Crippen MR) is 87.7 cm³/mol. The van der Waals surface area contributed by atoms with Crippen molar-refractivity contribution in [3.8, 4) is 0 Å². The summed E-state index contributed by atoms with van der Waals surface area (Å²) in [5.41, 5.74) is 0.113. The number of nitrogens with zero attached hydrogens (tertiary/aromatic N) is 2. The SMILES string of the molecule is CC(C)(C)CCN1CCN(C(=O)CC(C)(C)C)C[C@H]1C(=O)O. The summed E-state index contributed by atoms with van der Waals surface area (Å²) >= 11 is 0. The van der Waals surface area contributed by atoms with Gasteiger partial charge in [0.15, 0.2) is 0 Å². The van der Waals surface area contributed by atoms with Crippen LogP contribution in [0.1, 0.15) is 54.4 Å². The zero-order valence-corrected chi connectivity index (χ0v) is 15.0. The Balaban J connectivity index is 2.67. The number of carboxylic acid groups (broad SMARTS) is 1. The van der Waals surface area contributed by atoms with Crippen molar-refractivity contribution in [2.75, 3.05) is 26.2 Å². The lowest BCUT2D eigenvalue weighted by atomic mass is 9.91. The van der Waals surface area contributed by atoms with Gasteiger partial charge in [-0.1, -0.05) is 41.5 Å². The minimum atomic E-state index is -0.831. The molecule has 0 aromatic heterocycles. The van der Waals surface area contributed by atoms with Gasteiger partial charge in [-0.3, -0.25) is 14.5 Å². The second-order valence-corrected chi connectivity index (χ2v) is 8.78. The molecule has 128 valence electrons. The van der Waals surface area contributed by atoms with Crippen LogP contribution in [0.2, 0.25) is 0 Å². The second kappa shape index (κ2) is 6.99. The molecule has 0 radical (unpaired) electrons. The summed E-state index contributed by atoms with van der Waals surface area (Å²) in [5, 5.41) is 9.49. The summed E-state index contributed by atoms with van der Waals surface area (Å²) < 4.78 is 0. The number of carbonyl (C=O) groups is 2. The van der Waals surface area contributed by atoms with E-state index >= 15 is 0 Å². The molecule has 1 aliphatic heterocycles. The van der Waals surface area contributed by atoms with Crippen molar-refractivity contribution in [1.29, 1.82) is 0 Å². The largest absolute Gasteiger partial charge is 0.480 e. The van der Waals surface area contributed by atoms with Gasteiger partial charge in [-0.15, -0.1) is 0 Å². The average Bonchev–Trinajstić information content (AvgIpc) is 2.33. The average molecular weight is 312 g/mol. The molecule has 5 nitrogen and oxygen atoms in total. The quantitative estimate of drug-likeness (QED) is 0.866. The smallest absolute Gasteiger partial charge is 0.322 e. The van der Waals surface area contributed by atoms with Crippen LogP contribution in [0.15, 0.2) is 0 Å². The Labute approximate surface area is 134 Å². The van der Waals surface area contributed by atoms with Crippen LogP contribution in [0.4, 0.5) is 0 Å². The van der Waals surface area contributed by atoms with E-state index in [0.717, 1.165) is 13.0 Å². The van der Waals surface area contributed by atoms with E-state index < -0.39 is 12.0 Å². The van der Waals surface area contributed by atoms with Crippen molar-refractivity contribution < 1.29 is 14.7 Å². The van der Waals surface area contributed by atoms with Gasteiger partial charge in [0.2, 0.25) is 5.91 Å². The van der Waals surface area contributed by atoms with Gasteiger partial charge < -0.3 is 10.0 Å². The highest BCUT2D eigenvalue weighted by Gasteiger charge is 2.35. The summed E-state index contributed by atoms with van der Waals surface area (Å²) in [7, 11) is 0. The maximum Gasteiger partial charge on any atom is 0.322 e. The fraction of sp³-hybridized carbons (Fsp3) is 0.882. The Bertz CT molecular complexity index is 407. The summed E-state index contributed by atoms with van der Waals surface area (Å²) in [6.07, 6.45) is 1.41. The van der Waals surface area contributed by atoms with Crippen LogP contribution in [0.3, 0.4) is 0 Å². The fourth-order valence-electron chi connectivity index (χ4n) is 2.59. The van der Waals surface area contributed by atoms with Crippen LogP contribution in [-0.4, -0.2) is 59.0 Å². The summed E-state index contributed by atoms with van der Waals surface area (Å²) in [4.78, 5) is 27.6. The van der Waals surface area contributed by atoms with Crippen LogP contribution in [0.25, 0.3) is 0 Å². The Morgan fingerprint density at radius 3 is 2.09 bits per heavy atom. The number of amides is 1. The van der Waals surface area contributed by atoms with Crippen LogP contribution in [-0.2, 0) is 9.59 Å². The van der Waals surface area contributed by atoms with Gasteiger partial charge in [-0.05, 0) is 23.8 Å². The molecule has 0 unspecified atom stereocenters. The number of carboxylic acids is 1. The normalized spacial score (nSPS) is 21.0. The number of hydrogen-bond donors (Lipinski definition) is 1. The highest BCUT2D eigenvalue weighted by Crippen LogP contribution is 2.23. The van der Waals surface area contributed by atoms with E-state index in [1.54, 1.807) is 4.90 Å². The standard InChI is InChI=1S/C17H32N2O3/c1-16(2,3)7-8-18-9-10-19(12-13(18)15(21)22)14(20)11-17(4,5)6/h13H,7-12H2,1-6H3,(H,21,22)/t13-/m0/s1. The van der Waals surface area contributed by atoms with Crippen molar-refractivity contribution in [2.45, 2.75) is 60.4 Å². The molecule has 22 heavy (non-hydrogen) atoms. The van der Waals surface area contributed by atoms with Gasteiger partial charge >= 0.3 is 5.97 Å². The van der Waals surface area contributed by atoms with Crippen LogP contribution < -0.4 is 0 Å². The number of piperazine rings is 1. The van der Waals surface area contributed by atoms with E-state index in [-0.39, 0.29) is 16.7 Å². The molecule has 0 bridgehead atoms. The Morgan fingerprint density at radius 2 is 1.64 bits per heavy atom. The monoisotopic (exact) mass is 312 g/mol. The Morgan fingerprint density at radius 1 is 1.05 bits per heavy atom. The number of aliphatic carboxylic acids is 1. The first-order valence-corrected chi connectivity index (χ1v) is 8.14. The number of rotatable bonds is 4. The van der Waals surface area contributed by atoms with Crippen molar-refractivity contribution in [1.82, 2.24) is 9.80 Å². The summed E-state index contributed by atoms with van der Waals surface area (Å²) in [6, 6.07) is -0.583. The van der Waals surface area contributed by atoms with E-state index in [0.29, 0.717) is 26.1 Å². The molecule has 0 aromatic carbocycles. The first-order chi connectivity index (χ1) is 9.89. The zero-order valence-electron chi connectivity index (χ0n) is 15.0. The lowest BCUT2D eigenvalue weighted by Gasteiger charge is -2.41. The highest BCUT2D eigenvalue weighted by molar-refractivity contribution is 5.79. The van der Waals surface area contributed by atoms with E-state index in [1.807, 2.05) is 25.7 Å². The molecular weight excluding hydrogens is 280 g/mol. The van der Waals surface area contributed by atoms with Gasteiger partial charge in [0.05, 0.1) is 0 Å². The molecule has 1 aliphatic rings. The van der Waals surface area contributed by atoms with Gasteiger partial charge in [0, 0.05) is 26.1 Å². The van der Waals surface area contributed by atoms with E-state index in [1.165, 1.54) is 0 Å². The molecule has 1 saturated heterocycles. The first-order valence-electron chi connectivity index (χ1n) is 8.14.